The summed E-state index contributed by atoms with van der Waals surface area (Å²) in [5.74, 6) is -1.57. The van der Waals surface area contributed by atoms with E-state index in [0.717, 1.165) is 17.2 Å². The molecule has 0 heterocycles. The number of ether oxygens (including phenoxy) is 1. The van der Waals surface area contributed by atoms with Gasteiger partial charge in [0.1, 0.15) is 11.9 Å². The van der Waals surface area contributed by atoms with Crippen molar-refractivity contribution in [1.29, 1.82) is 0 Å². The maximum atomic E-state index is 14.2. The molecule has 3 rings (SSSR count). The van der Waals surface area contributed by atoms with Crippen LogP contribution in [0, 0.1) is 11.7 Å². The zero-order chi connectivity index (χ0) is 34.6. The number of halogens is 1. The number of hydrogen-bond acceptors (Lipinski definition) is 7. The zero-order valence-corrected chi connectivity index (χ0v) is 28.3. The van der Waals surface area contributed by atoms with E-state index in [0.29, 0.717) is 25.7 Å². The number of nitrogens with zero attached hydrogens (tertiary/aromatic N) is 1. The van der Waals surface area contributed by atoms with Gasteiger partial charge >= 0.3 is 6.09 Å². The second-order valence-electron chi connectivity index (χ2n) is 12.1. The van der Waals surface area contributed by atoms with Gasteiger partial charge in [-0.3, -0.25) is 4.79 Å². The molecule has 10 nitrogen and oxygen atoms in total. The van der Waals surface area contributed by atoms with E-state index in [1.807, 2.05) is 81.4 Å². The largest absolute Gasteiger partial charge is 0.453 e. The van der Waals surface area contributed by atoms with Gasteiger partial charge in [0.15, 0.2) is 0 Å². The number of anilines is 1. The van der Waals surface area contributed by atoms with Crippen LogP contribution in [0.5, 0.6) is 0 Å². The zero-order valence-electron chi connectivity index (χ0n) is 27.4. The summed E-state index contributed by atoms with van der Waals surface area (Å²) in [5.41, 5.74) is 7.07. The number of alkyl carbamates (subject to hydrolysis) is 1. The quantitative estimate of drug-likeness (QED) is 0.147. The number of aliphatic hydroxyl groups is 1. The fourth-order valence-corrected chi connectivity index (χ4v) is 7.14. The molecule has 0 aliphatic rings. The molecule has 0 radical (unpaired) electrons. The summed E-state index contributed by atoms with van der Waals surface area (Å²) in [5, 5.41) is 16.0. The molecule has 0 aliphatic heterocycles. The number of hydrogen-bond donors (Lipinski definition) is 4. The second-order valence-corrected chi connectivity index (χ2v) is 14.0. The van der Waals surface area contributed by atoms with Crippen molar-refractivity contribution in [2.75, 3.05) is 26.0 Å². The van der Waals surface area contributed by atoms with Crippen molar-refractivity contribution >= 4 is 27.7 Å². The smallest absolute Gasteiger partial charge is 0.407 e. The van der Waals surface area contributed by atoms with Gasteiger partial charge < -0.3 is 26.2 Å². The molecule has 0 saturated carbocycles. The van der Waals surface area contributed by atoms with Crippen LogP contribution < -0.4 is 16.4 Å². The number of rotatable bonds is 17. The summed E-state index contributed by atoms with van der Waals surface area (Å²) in [6.45, 7) is 5.47. The number of carbonyl (C=O) groups excluding carboxylic acids is 2. The number of benzene rings is 3. The highest BCUT2D eigenvalue weighted by Gasteiger charge is 2.34. The van der Waals surface area contributed by atoms with E-state index in [-0.39, 0.29) is 29.1 Å². The first-order chi connectivity index (χ1) is 22.4. The topological polar surface area (TPSA) is 151 Å². The van der Waals surface area contributed by atoms with Gasteiger partial charge in [0, 0.05) is 24.5 Å². The Hall–Kier alpha value is -4.00. The van der Waals surface area contributed by atoms with E-state index in [4.69, 9.17) is 10.5 Å². The molecular formula is C35H47FN4O6S. The van der Waals surface area contributed by atoms with Gasteiger partial charge in [0.05, 0.1) is 24.3 Å². The van der Waals surface area contributed by atoms with Gasteiger partial charge in [-0.1, -0.05) is 74.5 Å². The Kier molecular flexibility index (Phi) is 14.2. The van der Waals surface area contributed by atoms with Crippen molar-refractivity contribution in [2.24, 2.45) is 5.92 Å². The fraction of sp³-hybridized carbons (Fsp3) is 0.429. The number of carbonyl (C=O) groups is 2. The number of nitrogens with two attached hydrogens (primary N) is 1. The third-order valence-corrected chi connectivity index (χ3v) is 10.0. The van der Waals surface area contributed by atoms with Crippen LogP contribution >= 0.6 is 0 Å². The summed E-state index contributed by atoms with van der Waals surface area (Å²) in [7, 11) is -2.91. The van der Waals surface area contributed by atoms with Crippen LogP contribution in [0.3, 0.4) is 0 Å². The molecule has 0 unspecified atom stereocenters. The first kappa shape index (κ1) is 37.5. The molecule has 0 saturated heterocycles. The summed E-state index contributed by atoms with van der Waals surface area (Å²) < 4.78 is 47.6. The Labute approximate surface area is 277 Å². The fourth-order valence-electron chi connectivity index (χ4n) is 5.46. The van der Waals surface area contributed by atoms with Gasteiger partial charge in [-0.2, -0.15) is 4.31 Å². The van der Waals surface area contributed by atoms with Crippen LogP contribution in [0.4, 0.5) is 14.9 Å². The lowest BCUT2D eigenvalue weighted by molar-refractivity contribution is -0.124. The van der Waals surface area contributed by atoms with E-state index in [1.54, 1.807) is 0 Å². The SMILES string of the molecule is COC(=O)N[C@H](C(=O)N[C@@H](C)CCC[C@@H](CO)N(CCC(C)C)S(=O)(=O)c1ccc(N)c(F)c1)C(c1ccccc1)c1ccccc1. The first-order valence-corrected chi connectivity index (χ1v) is 17.3. The first-order valence-electron chi connectivity index (χ1n) is 15.8. The van der Waals surface area contributed by atoms with Crippen LogP contribution in [0.15, 0.2) is 83.8 Å². The van der Waals surface area contributed by atoms with Crippen LogP contribution in [-0.4, -0.2) is 68.2 Å². The highest BCUT2D eigenvalue weighted by molar-refractivity contribution is 7.89. The van der Waals surface area contributed by atoms with E-state index in [9.17, 15) is 27.5 Å². The van der Waals surface area contributed by atoms with Gasteiger partial charge in [-0.05, 0) is 67.9 Å². The summed E-state index contributed by atoms with van der Waals surface area (Å²) in [6.07, 6.45) is 1.02. The minimum Gasteiger partial charge on any atom is -0.453 e. The van der Waals surface area contributed by atoms with E-state index in [1.165, 1.54) is 23.5 Å². The molecule has 2 amide bonds. The maximum Gasteiger partial charge on any atom is 0.407 e. The Morgan fingerprint density at radius 2 is 1.51 bits per heavy atom. The van der Waals surface area contributed by atoms with Crippen LogP contribution in [-0.2, 0) is 19.6 Å². The van der Waals surface area contributed by atoms with Crippen molar-refractivity contribution < 1.29 is 32.2 Å². The molecule has 0 aliphatic carbocycles. The van der Waals surface area contributed by atoms with Crippen LogP contribution in [0.25, 0.3) is 0 Å². The lowest BCUT2D eigenvalue weighted by atomic mass is 9.84. The summed E-state index contributed by atoms with van der Waals surface area (Å²) in [4.78, 5) is 26.0. The molecule has 3 aromatic rings. The van der Waals surface area contributed by atoms with Crippen molar-refractivity contribution in [1.82, 2.24) is 14.9 Å². The molecule has 5 N–H and O–H groups in total. The Bertz CT molecular complexity index is 1500. The van der Waals surface area contributed by atoms with Crippen molar-refractivity contribution in [3.8, 4) is 0 Å². The number of methoxy groups -OCH3 is 1. The highest BCUT2D eigenvalue weighted by Crippen LogP contribution is 2.29. The normalized spacial score (nSPS) is 13.7. The number of sulfonamides is 1. The number of nitrogens with one attached hydrogen (secondary N) is 2. The standard InChI is InChI=1S/C35H47FN4O6S/c1-24(2)20-21-40(47(44,45)29-18-19-31(37)30(36)22-29)28(23-41)17-11-12-25(3)38-34(42)33(39-35(43)46-4)32(26-13-7-5-8-14-26)27-15-9-6-10-16-27/h5-10,13-16,18-19,22,24-25,28,32-33,41H,11-12,17,20-21,23,37H2,1-4H3,(H,38,42)(H,39,43)/t25-,28-,33-/m0/s1. The summed E-state index contributed by atoms with van der Waals surface area (Å²) >= 11 is 0. The Balaban J connectivity index is 1.76. The predicted octanol–water partition coefficient (Wildman–Crippen LogP) is 5.04. The monoisotopic (exact) mass is 670 g/mol. The van der Waals surface area contributed by atoms with Gasteiger partial charge in [0.2, 0.25) is 15.9 Å². The third-order valence-electron chi connectivity index (χ3n) is 8.08. The molecule has 47 heavy (non-hydrogen) atoms. The maximum absolute atomic E-state index is 14.2. The van der Waals surface area contributed by atoms with E-state index in [2.05, 4.69) is 10.6 Å². The molecule has 0 aromatic heterocycles. The Morgan fingerprint density at radius 1 is 0.915 bits per heavy atom. The third kappa shape index (κ3) is 10.5. The van der Waals surface area contributed by atoms with Crippen molar-refractivity contribution in [3.05, 3.63) is 95.8 Å². The van der Waals surface area contributed by atoms with E-state index < -0.39 is 52.4 Å². The number of aliphatic hydroxyl groups excluding tert-OH is 1. The predicted molar refractivity (Wildman–Crippen MR) is 181 cm³/mol. The summed E-state index contributed by atoms with van der Waals surface area (Å²) in [6, 6.07) is 20.1. The van der Waals surface area contributed by atoms with Crippen LogP contribution in [0.2, 0.25) is 0 Å². The molecule has 3 atom stereocenters. The van der Waals surface area contributed by atoms with Gasteiger partial charge in [0.25, 0.3) is 0 Å². The molecule has 0 spiro atoms. The van der Waals surface area contributed by atoms with Crippen molar-refractivity contribution in [2.45, 2.75) is 75.4 Å². The minimum absolute atomic E-state index is 0.144. The Morgan fingerprint density at radius 3 is 2.02 bits per heavy atom. The average Bonchev–Trinajstić information content (AvgIpc) is 3.05. The molecule has 0 bridgehead atoms. The van der Waals surface area contributed by atoms with E-state index >= 15 is 0 Å². The molecule has 256 valence electrons. The highest BCUT2D eigenvalue weighted by atomic mass is 32.2. The molecule has 3 aromatic carbocycles. The lowest BCUT2D eigenvalue weighted by Gasteiger charge is -2.31. The van der Waals surface area contributed by atoms with Crippen LogP contribution in [0.1, 0.15) is 63.5 Å². The number of nitrogen functional groups attached to an aromatic ring is 1. The lowest BCUT2D eigenvalue weighted by Crippen LogP contribution is -2.52. The average molecular weight is 671 g/mol. The minimum atomic E-state index is -4.15. The van der Waals surface area contributed by atoms with Crippen molar-refractivity contribution in [3.63, 3.8) is 0 Å². The van der Waals surface area contributed by atoms with Gasteiger partial charge in [-0.25, -0.2) is 17.6 Å². The number of amides is 2. The molecule has 12 heteroatoms. The molecule has 0 fully saturated rings. The molecular weight excluding hydrogens is 623 g/mol. The second kappa shape index (κ2) is 17.8. The van der Waals surface area contributed by atoms with Gasteiger partial charge in [-0.15, -0.1) is 0 Å².